The molecule has 0 bridgehead atoms. The first-order chi connectivity index (χ1) is 20.9. The fraction of sp³-hybridized carbons (Fsp3) is 0.194. The quantitative estimate of drug-likeness (QED) is 0.278. The van der Waals surface area contributed by atoms with Crippen LogP contribution in [0.2, 0.25) is 0 Å². The lowest BCUT2D eigenvalue weighted by Gasteiger charge is -2.44. The van der Waals surface area contributed by atoms with Crippen molar-refractivity contribution >= 4 is 6.03 Å². The van der Waals surface area contributed by atoms with Crippen LogP contribution in [0.1, 0.15) is 33.4 Å². The summed E-state index contributed by atoms with van der Waals surface area (Å²) >= 11 is 0. The minimum Gasteiger partial charge on any atom is -0.508 e. The number of aromatic hydroxyl groups is 1. The van der Waals surface area contributed by atoms with Gasteiger partial charge in [-0.15, -0.1) is 12.3 Å². The standard InChI is InChI=1S/C36H30N4O3/c1-2-6-30-9-3-4-10-33(30)31-17-28(21-38)16-29(18-31)22-39-24-35(42)34(19-25-11-13-32(41)14-12-25)40(36(39)43)23-27-8-5-7-26(15-27)20-37/h1,3-5,7-18,34-35,41-42H,6,19,22-24H2/t34-,35-/m1/s1. The highest BCUT2D eigenvalue weighted by molar-refractivity contribution is 5.76. The number of phenolic OH excluding ortho intramolecular Hbond substituents is 1. The highest BCUT2D eigenvalue weighted by Gasteiger charge is 2.39. The van der Waals surface area contributed by atoms with Crippen molar-refractivity contribution in [3.05, 3.63) is 124 Å². The van der Waals surface area contributed by atoms with Crippen LogP contribution in [0.25, 0.3) is 11.1 Å². The molecule has 2 amide bonds. The van der Waals surface area contributed by atoms with E-state index < -0.39 is 12.1 Å². The first kappa shape index (κ1) is 29.0. The highest BCUT2D eigenvalue weighted by atomic mass is 16.3. The average Bonchev–Trinajstić information content (AvgIpc) is 3.02. The lowest BCUT2D eigenvalue weighted by atomic mass is 9.94. The largest absolute Gasteiger partial charge is 0.508 e. The molecule has 0 aromatic heterocycles. The van der Waals surface area contributed by atoms with E-state index in [0.29, 0.717) is 24.0 Å². The zero-order valence-corrected chi connectivity index (χ0v) is 23.5. The molecular weight excluding hydrogens is 536 g/mol. The number of terminal acetylenes is 1. The van der Waals surface area contributed by atoms with Crippen molar-refractivity contribution in [3.8, 4) is 41.4 Å². The number of aliphatic hydroxyl groups is 1. The van der Waals surface area contributed by atoms with E-state index in [2.05, 4.69) is 18.1 Å². The number of carbonyl (C=O) groups excluding carboxylic acids is 1. The van der Waals surface area contributed by atoms with E-state index in [4.69, 9.17) is 6.42 Å². The zero-order chi connectivity index (χ0) is 30.3. The molecule has 1 aliphatic heterocycles. The van der Waals surface area contributed by atoms with Crippen LogP contribution >= 0.6 is 0 Å². The number of phenols is 1. The highest BCUT2D eigenvalue weighted by Crippen LogP contribution is 2.29. The Labute approximate surface area is 251 Å². The molecule has 212 valence electrons. The Kier molecular flexibility index (Phi) is 8.73. The molecule has 2 N–H and O–H groups in total. The Bertz CT molecular complexity index is 1760. The van der Waals surface area contributed by atoms with Crippen LogP contribution in [0.15, 0.2) is 91.0 Å². The van der Waals surface area contributed by atoms with Crippen LogP contribution in [-0.2, 0) is 25.9 Å². The van der Waals surface area contributed by atoms with Crippen molar-refractivity contribution in [1.82, 2.24) is 9.80 Å². The third kappa shape index (κ3) is 6.68. The van der Waals surface area contributed by atoms with E-state index in [9.17, 15) is 25.5 Å². The molecule has 1 saturated heterocycles. The molecule has 0 saturated carbocycles. The number of hydrogen-bond acceptors (Lipinski definition) is 5. The summed E-state index contributed by atoms with van der Waals surface area (Å²) in [6.07, 6.45) is 5.56. The molecule has 4 aromatic carbocycles. The Morgan fingerprint density at radius 3 is 2.33 bits per heavy atom. The monoisotopic (exact) mass is 566 g/mol. The fourth-order valence-electron chi connectivity index (χ4n) is 5.62. The van der Waals surface area contributed by atoms with E-state index in [1.807, 2.05) is 42.5 Å². The van der Waals surface area contributed by atoms with Gasteiger partial charge in [-0.1, -0.05) is 48.5 Å². The van der Waals surface area contributed by atoms with Crippen molar-refractivity contribution in [3.63, 3.8) is 0 Å². The summed E-state index contributed by atoms with van der Waals surface area (Å²) in [4.78, 5) is 17.3. The number of β-amino-alcohol motifs (C(OH)–C–C–N with tert-alkyl or cyclic N) is 1. The zero-order valence-electron chi connectivity index (χ0n) is 23.5. The van der Waals surface area contributed by atoms with Gasteiger partial charge in [0.1, 0.15) is 5.75 Å². The van der Waals surface area contributed by atoms with Gasteiger partial charge in [0.05, 0.1) is 42.0 Å². The number of hydrogen-bond donors (Lipinski definition) is 2. The summed E-state index contributed by atoms with van der Waals surface area (Å²) < 4.78 is 0. The minimum absolute atomic E-state index is 0.107. The van der Waals surface area contributed by atoms with Gasteiger partial charge in [0, 0.05) is 19.5 Å². The smallest absolute Gasteiger partial charge is 0.321 e. The molecule has 0 aliphatic carbocycles. The third-order valence-corrected chi connectivity index (χ3v) is 7.67. The topological polar surface area (TPSA) is 112 Å². The van der Waals surface area contributed by atoms with Crippen LogP contribution in [0.4, 0.5) is 4.79 Å². The van der Waals surface area contributed by atoms with E-state index in [0.717, 1.165) is 33.4 Å². The lowest BCUT2D eigenvalue weighted by molar-refractivity contribution is -0.00439. The SMILES string of the molecule is C#CCc1ccccc1-c1cc(C#N)cc(CN2C[C@@H](O)[C@@H](Cc3ccc(O)cc3)N(Cc3cccc(C#N)c3)C2=O)c1. The summed E-state index contributed by atoms with van der Waals surface area (Å²) in [5.41, 5.74) is 6.08. The van der Waals surface area contributed by atoms with E-state index in [1.54, 1.807) is 58.3 Å². The van der Waals surface area contributed by atoms with Crippen molar-refractivity contribution in [1.29, 1.82) is 10.5 Å². The fourth-order valence-corrected chi connectivity index (χ4v) is 5.62. The molecule has 1 heterocycles. The van der Waals surface area contributed by atoms with Gasteiger partial charge in [0.25, 0.3) is 0 Å². The maximum atomic E-state index is 14.1. The second-order valence-corrected chi connectivity index (χ2v) is 10.7. The molecule has 2 atom stereocenters. The van der Waals surface area contributed by atoms with Crippen LogP contribution in [0, 0.1) is 35.0 Å². The van der Waals surface area contributed by atoms with Crippen LogP contribution in [0.5, 0.6) is 5.75 Å². The first-order valence-electron chi connectivity index (χ1n) is 13.9. The number of rotatable bonds is 8. The van der Waals surface area contributed by atoms with Gasteiger partial charge in [-0.25, -0.2) is 4.79 Å². The number of nitriles is 2. The van der Waals surface area contributed by atoms with Gasteiger partial charge < -0.3 is 20.0 Å². The Morgan fingerprint density at radius 1 is 0.837 bits per heavy atom. The Balaban J connectivity index is 1.47. The molecule has 5 rings (SSSR count). The summed E-state index contributed by atoms with van der Waals surface area (Å²) in [6, 6.07) is 30.7. The summed E-state index contributed by atoms with van der Waals surface area (Å²) in [6.45, 7) is 0.500. The number of urea groups is 1. The lowest BCUT2D eigenvalue weighted by Crippen LogP contribution is -2.61. The molecule has 1 fully saturated rings. The van der Waals surface area contributed by atoms with Crippen LogP contribution < -0.4 is 0 Å². The summed E-state index contributed by atoms with van der Waals surface area (Å²) in [7, 11) is 0. The number of amides is 2. The first-order valence-corrected chi connectivity index (χ1v) is 13.9. The number of carbonyl (C=O) groups is 1. The molecule has 1 aliphatic rings. The van der Waals surface area contributed by atoms with Gasteiger partial charge in [-0.3, -0.25) is 0 Å². The van der Waals surface area contributed by atoms with Crippen molar-refractivity contribution in [2.75, 3.05) is 6.54 Å². The molecule has 43 heavy (non-hydrogen) atoms. The molecule has 7 nitrogen and oxygen atoms in total. The Morgan fingerprint density at radius 2 is 1.58 bits per heavy atom. The summed E-state index contributed by atoms with van der Waals surface area (Å²) in [5.74, 6) is 2.83. The Hall–Kier alpha value is -5.55. The van der Waals surface area contributed by atoms with Gasteiger partial charge in [0.15, 0.2) is 0 Å². The predicted molar refractivity (Wildman–Crippen MR) is 163 cm³/mol. The molecule has 0 spiro atoms. The third-order valence-electron chi connectivity index (χ3n) is 7.67. The molecule has 0 unspecified atom stereocenters. The van der Waals surface area contributed by atoms with Gasteiger partial charge in [-0.05, 0) is 82.3 Å². The van der Waals surface area contributed by atoms with E-state index in [1.165, 1.54) is 0 Å². The maximum absolute atomic E-state index is 14.1. The molecule has 7 heteroatoms. The molecule has 0 radical (unpaired) electrons. The number of nitrogens with zero attached hydrogens (tertiary/aromatic N) is 4. The van der Waals surface area contributed by atoms with Crippen molar-refractivity contribution < 1.29 is 15.0 Å². The summed E-state index contributed by atoms with van der Waals surface area (Å²) in [5, 5.41) is 40.3. The minimum atomic E-state index is -0.874. The van der Waals surface area contributed by atoms with Crippen LogP contribution in [-0.4, -0.2) is 44.7 Å². The second-order valence-electron chi connectivity index (χ2n) is 10.7. The van der Waals surface area contributed by atoms with E-state index in [-0.39, 0.29) is 31.4 Å². The molecule has 4 aromatic rings. The van der Waals surface area contributed by atoms with Gasteiger partial charge in [0.2, 0.25) is 0 Å². The van der Waals surface area contributed by atoms with Crippen molar-refractivity contribution in [2.24, 2.45) is 0 Å². The van der Waals surface area contributed by atoms with Gasteiger partial charge in [-0.2, -0.15) is 10.5 Å². The normalized spacial score (nSPS) is 16.3. The van der Waals surface area contributed by atoms with Crippen LogP contribution in [0.3, 0.4) is 0 Å². The van der Waals surface area contributed by atoms with Crippen molar-refractivity contribution in [2.45, 2.75) is 38.1 Å². The maximum Gasteiger partial charge on any atom is 0.321 e. The number of benzene rings is 4. The van der Waals surface area contributed by atoms with E-state index >= 15 is 0 Å². The average molecular weight is 567 g/mol. The predicted octanol–water partition coefficient (Wildman–Crippen LogP) is 5.39. The second kappa shape index (κ2) is 13.0. The molecular formula is C36H30N4O3. The number of aliphatic hydroxyl groups excluding tert-OH is 1. The van der Waals surface area contributed by atoms with Gasteiger partial charge >= 0.3 is 6.03 Å².